The Morgan fingerprint density at radius 3 is 2.56 bits per heavy atom. The van der Waals surface area contributed by atoms with Crippen molar-refractivity contribution in [3.8, 4) is 0 Å². The van der Waals surface area contributed by atoms with Gasteiger partial charge in [0.2, 0.25) is 0 Å². The van der Waals surface area contributed by atoms with E-state index in [-0.39, 0.29) is 0 Å². The molecular weight excluding hydrogens is 152 g/mol. The maximum absolute atomic E-state index is 5.49. The van der Waals surface area contributed by atoms with E-state index < -0.39 is 0 Å². The molecule has 0 aliphatic carbocycles. The van der Waals surface area contributed by atoms with Gasteiger partial charge in [-0.05, 0) is 11.4 Å². The highest BCUT2D eigenvalue weighted by molar-refractivity contribution is 7.80. The van der Waals surface area contributed by atoms with Crippen LogP contribution in [0.15, 0.2) is 11.4 Å². The molecule has 1 rings (SSSR count). The second kappa shape index (κ2) is 2.33. The lowest BCUT2D eigenvalue weighted by molar-refractivity contribution is 1.73. The number of hydrogen-bond donors (Lipinski definition) is 2. The monoisotopic (exact) mass is 158 g/mol. The van der Waals surface area contributed by atoms with Crippen molar-refractivity contribution in [3.05, 3.63) is 17.0 Å². The Kier molecular flexibility index (Phi) is 1.68. The molecule has 48 valence electrons. The summed E-state index contributed by atoms with van der Waals surface area (Å²) in [7, 11) is 0. The van der Waals surface area contributed by atoms with Gasteiger partial charge in [-0.2, -0.15) is 0 Å². The highest BCUT2D eigenvalue weighted by atomic mass is 32.1. The first-order valence-corrected chi connectivity index (χ1v) is 3.63. The molecular formula is C5H6N2S2. The normalized spacial score (nSPS) is 9.33. The van der Waals surface area contributed by atoms with Gasteiger partial charge in [0.05, 0.1) is 5.00 Å². The largest absolute Gasteiger partial charge is 0.390 e. The minimum Gasteiger partial charge on any atom is -0.390 e. The molecule has 4 N–H and O–H groups in total. The third-order valence-corrected chi connectivity index (χ3v) is 1.93. The molecule has 1 aromatic heterocycles. The molecule has 0 saturated carbocycles. The minimum atomic E-state index is 0.369. The molecule has 1 heterocycles. The lowest BCUT2D eigenvalue weighted by atomic mass is 10.3. The van der Waals surface area contributed by atoms with Crippen molar-refractivity contribution in [2.75, 3.05) is 5.73 Å². The van der Waals surface area contributed by atoms with Gasteiger partial charge in [0.15, 0.2) is 0 Å². The van der Waals surface area contributed by atoms with Crippen LogP contribution >= 0.6 is 23.6 Å². The number of thiocarbonyl (C=S) groups is 1. The summed E-state index contributed by atoms with van der Waals surface area (Å²) in [5.74, 6) is 0. The van der Waals surface area contributed by atoms with E-state index in [1.165, 1.54) is 11.3 Å². The summed E-state index contributed by atoms with van der Waals surface area (Å²) in [5, 5.41) is 2.56. The molecule has 0 unspecified atom stereocenters. The topological polar surface area (TPSA) is 52.0 Å². The van der Waals surface area contributed by atoms with Gasteiger partial charge in [-0.3, -0.25) is 0 Å². The smallest absolute Gasteiger partial charge is 0.106 e. The third kappa shape index (κ3) is 1.20. The van der Waals surface area contributed by atoms with E-state index in [1.54, 1.807) is 0 Å². The van der Waals surface area contributed by atoms with Crippen LogP contribution in [0.2, 0.25) is 0 Å². The molecule has 0 aliphatic rings. The Balaban J connectivity index is 3.08. The van der Waals surface area contributed by atoms with Crippen molar-refractivity contribution in [1.29, 1.82) is 0 Å². The van der Waals surface area contributed by atoms with Crippen molar-refractivity contribution < 1.29 is 0 Å². The standard InChI is InChI=1S/C5H6N2S2/c6-4(8)3-1-2-9-5(3)7/h1-2H,7H2,(H2,6,8). The molecule has 0 bridgehead atoms. The fraction of sp³-hybridized carbons (Fsp3) is 0. The number of nitrogens with two attached hydrogens (primary N) is 2. The average molecular weight is 158 g/mol. The molecule has 0 aromatic carbocycles. The summed E-state index contributed by atoms with van der Waals surface area (Å²) in [6.45, 7) is 0. The predicted octanol–water partition coefficient (Wildman–Crippen LogP) is 0.965. The van der Waals surface area contributed by atoms with E-state index in [0.29, 0.717) is 9.99 Å². The Morgan fingerprint density at radius 2 is 2.33 bits per heavy atom. The molecule has 2 nitrogen and oxygen atoms in total. The molecule has 0 fully saturated rings. The first kappa shape index (κ1) is 6.51. The van der Waals surface area contributed by atoms with Crippen LogP contribution in [-0.4, -0.2) is 4.99 Å². The van der Waals surface area contributed by atoms with Crippen LogP contribution in [0.25, 0.3) is 0 Å². The number of hydrogen-bond acceptors (Lipinski definition) is 3. The van der Waals surface area contributed by atoms with Crippen LogP contribution in [-0.2, 0) is 0 Å². The van der Waals surface area contributed by atoms with E-state index in [1.807, 2.05) is 11.4 Å². The van der Waals surface area contributed by atoms with E-state index in [2.05, 4.69) is 0 Å². The van der Waals surface area contributed by atoms with Gasteiger partial charge in [-0.1, -0.05) is 12.2 Å². The zero-order chi connectivity index (χ0) is 6.85. The van der Waals surface area contributed by atoms with Crippen molar-refractivity contribution in [1.82, 2.24) is 0 Å². The Morgan fingerprint density at radius 1 is 1.67 bits per heavy atom. The van der Waals surface area contributed by atoms with Crippen LogP contribution in [0, 0.1) is 0 Å². The van der Waals surface area contributed by atoms with E-state index in [4.69, 9.17) is 23.7 Å². The Hall–Kier alpha value is -0.610. The van der Waals surface area contributed by atoms with Gasteiger partial charge >= 0.3 is 0 Å². The molecule has 4 heteroatoms. The summed E-state index contributed by atoms with van der Waals surface area (Å²) in [6.07, 6.45) is 0. The third-order valence-electron chi connectivity index (χ3n) is 0.961. The summed E-state index contributed by atoms with van der Waals surface area (Å²) >= 11 is 6.15. The lowest BCUT2D eigenvalue weighted by Crippen LogP contribution is -2.09. The fourth-order valence-corrected chi connectivity index (χ4v) is 1.42. The van der Waals surface area contributed by atoms with E-state index in [0.717, 1.165) is 5.56 Å². The summed E-state index contributed by atoms with van der Waals surface area (Å²) < 4.78 is 0. The summed E-state index contributed by atoms with van der Waals surface area (Å²) in [6, 6.07) is 1.82. The van der Waals surface area contributed by atoms with Gasteiger partial charge < -0.3 is 11.5 Å². The fourth-order valence-electron chi connectivity index (χ4n) is 0.525. The quantitative estimate of drug-likeness (QED) is 0.599. The first-order chi connectivity index (χ1) is 4.22. The van der Waals surface area contributed by atoms with Gasteiger partial charge in [0.25, 0.3) is 0 Å². The highest BCUT2D eigenvalue weighted by Crippen LogP contribution is 2.17. The van der Waals surface area contributed by atoms with Crippen LogP contribution in [0.1, 0.15) is 5.56 Å². The molecule has 9 heavy (non-hydrogen) atoms. The number of thiophene rings is 1. The molecule has 0 atom stereocenters. The molecule has 0 saturated heterocycles. The Bertz CT molecular complexity index is 229. The zero-order valence-electron chi connectivity index (χ0n) is 4.63. The Labute approximate surface area is 62.5 Å². The van der Waals surface area contributed by atoms with Crippen LogP contribution < -0.4 is 11.5 Å². The van der Waals surface area contributed by atoms with E-state index >= 15 is 0 Å². The van der Waals surface area contributed by atoms with Gasteiger partial charge in [-0.25, -0.2) is 0 Å². The maximum Gasteiger partial charge on any atom is 0.106 e. The van der Waals surface area contributed by atoms with Crippen molar-refractivity contribution >= 4 is 33.5 Å². The van der Waals surface area contributed by atoms with Crippen LogP contribution in [0.4, 0.5) is 5.00 Å². The van der Waals surface area contributed by atoms with Crippen molar-refractivity contribution in [2.45, 2.75) is 0 Å². The predicted molar refractivity (Wildman–Crippen MR) is 44.6 cm³/mol. The van der Waals surface area contributed by atoms with Crippen molar-refractivity contribution in [2.24, 2.45) is 5.73 Å². The number of nitrogen functional groups attached to an aromatic ring is 1. The molecule has 0 aliphatic heterocycles. The summed E-state index contributed by atoms with van der Waals surface area (Å²) in [5.41, 5.74) is 11.6. The molecule has 0 spiro atoms. The second-order valence-electron chi connectivity index (χ2n) is 1.56. The van der Waals surface area contributed by atoms with Crippen LogP contribution in [0.5, 0.6) is 0 Å². The van der Waals surface area contributed by atoms with Gasteiger partial charge in [0, 0.05) is 5.56 Å². The average Bonchev–Trinajstić information content (AvgIpc) is 2.13. The van der Waals surface area contributed by atoms with Gasteiger partial charge in [0.1, 0.15) is 4.99 Å². The zero-order valence-corrected chi connectivity index (χ0v) is 6.26. The maximum atomic E-state index is 5.49. The highest BCUT2D eigenvalue weighted by Gasteiger charge is 2.00. The SMILES string of the molecule is NC(=S)c1ccsc1N. The second-order valence-corrected chi connectivity index (χ2v) is 2.95. The minimum absolute atomic E-state index is 0.369. The number of rotatable bonds is 1. The molecule has 0 amide bonds. The first-order valence-electron chi connectivity index (χ1n) is 2.34. The van der Waals surface area contributed by atoms with Gasteiger partial charge in [-0.15, -0.1) is 11.3 Å². The van der Waals surface area contributed by atoms with Crippen LogP contribution in [0.3, 0.4) is 0 Å². The van der Waals surface area contributed by atoms with E-state index in [9.17, 15) is 0 Å². The van der Waals surface area contributed by atoms with Crippen molar-refractivity contribution in [3.63, 3.8) is 0 Å². The molecule has 1 aromatic rings. The summed E-state index contributed by atoms with van der Waals surface area (Å²) in [4.78, 5) is 0.369. The number of anilines is 1. The lowest BCUT2D eigenvalue weighted by Gasteiger charge is -1.91. The molecule has 0 radical (unpaired) electrons.